The minimum Gasteiger partial charge on any atom is -0.368 e. The van der Waals surface area contributed by atoms with Crippen LogP contribution in [0.15, 0.2) is 23.4 Å². The summed E-state index contributed by atoms with van der Waals surface area (Å²) < 4.78 is 1.93. The highest BCUT2D eigenvalue weighted by molar-refractivity contribution is 7.99. The number of amides is 1. The number of benzene rings is 1. The van der Waals surface area contributed by atoms with Gasteiger partial charge in [-0.15, -0.1) is 10.2 Å². The van der Waals surface area contributed by atoms with Gasteiger partial charge in [0, 0.05) is 11.7 Å². The van der Waals surface area contributed by atoms with Crippen molar-refractivity contribution in [3.05, 3.63) is 29.3 Å². The Balaban J connectivity index is 1.61. The summed E-state index contributed by atoms with van der Waals surface area (Å²) in [4.78, 5) is 12.1. The van der Waals surface area contributed by atoms with Gasteiger partial charge < -0.3 is 11.1 Å². The summed E-state index contributed by atoms with van der Waals surface area (Å²) in [6, 6.07) is 6.37. The Kier molecular flexibility index (Phi) is 4.06. The van der Waals surface area contributed by atoms with Crippen molar-refractivity contribution in [2.24, 2.45) is 0 Å². The number of hydrogen-bond donors (Lipinski definition) is 2. The molecule has 0 spiro atoms. The summed E-state index contributed by atoms with van der Waals surface area (Å²) in [5.74, 6) is 0.665. The van der Waals surface area contributed by atoms with E-state index in [2.05, 4.69) is 15.5 Å². The number of nitrogens with one attached hydrogen (secondary N) is 1. The third kappa shape index (κ3) is 3.24. The second-order valence-electron chi connectivity index (χ2n) is 5.60. The van der Waals surface area contributed by atoms with Crippen LogP contribution >= 0.6 is 11.8 Å². The van der Waals surface area contributed by atoms with Crippen LogP contribution in [0.25, 0.3) is 0 Å². The maximum absolute atomic E-state index is 12.1. The Morgan fingerprint density at radius 3 is 2.86 bits per heavy atom. The summed E-state index contributed by atoms with van der Waals surface area (Å²) in [5.41, 5.74) is 8.91. The van der Waals surface area contributed by atoms with Gasteiger partial charge in [0.2, 0.25) is 11.9 Å². The summed E-state index contributed by atoms with van der Waals surface area (Å²) in [7, 11) is 0. The first kappa shape index (κ1) is 14.9. The van der Waals surface area contributed by atoms with Crippen LogP contribution in [0.4, 0.5) is 11.6 Å². The van der Waals surface area contributed by atoms with Crippen molar-refractivity contribution in [3.8, 4) is 0 Å². The van der Waals surface area contributed by atoms with Gasteiger partial charge in [0.15, 0.2) is 5.16 Å². The molecule has 1 fully saturated rings. The van der Waals surface area contributed by atoms with Gasteiger partial charge in [0.05, 0.1) is 5.75 Å². The first-order valence-corrected chi connectivity index (χ1v) is 8.23. The number of thioether (sulfide) groups is 1. The van der Waals surface area contributed by atoms with Gasteiger partial charge in [-0.1, -0.05) is 29.5 Å². The lowest BCUT2D eigenvalue weighted by molar-refractivity contribution is -0.113. The van der Waals surface area contributed by atoms with E-state index in [4.69, 9.17) is 5.73 Å². The zero-order chi connectivity index (χ0) is 15.7. The highest BCUT2D eigenvalue weighted by Gasteiger charge is 2.29. The van der Waals surface area contributed by atoms with Gasteiger partial charge >= 0.3 is 0 Å². The topological polar surface area (TPSA) is 85.8 Å². The van der Waals surface area contributed by atoms with E-state index in [-0.39, 0.29) is 11.7 Å². The average Bonchev–Trinajstić information content (AvgIpc) is 3.23. The van der Waals surface area contributed by atoms with E-state index in [0.29, 0.717) is 12.0 Å². The molecule has 0 atom stereocenters. The summed E-state index contributed by atoms with van der Waals surface area (Å²) >= 11 is 1.37. The average molecular weight is 317 g/mol. The van der Waals surface area contributed by atoms with Gasteiger partial charge in [0.1, 0.15) is 0 Å². The SMILES string of the molecule is Cc1ccc(NC(=O)CSc2nnc(N)n2C2CC2)c(C)c1. The fourth-order valence-corrected chi connectivity index (χ4v) is 3.15. The number of nitrogens with two attached hydrogens (primary N) is 1. The van der Waals surface area contributed by atoms with Crippen LogP contribution in [0.3, 0.4) is 0 Å². The predicted molar refractivity (Wildman–Crippen MR) is 88.0 cm³/mol. The molecular weight excluding hydrogens is 298 g/mol. The maximum Gasteiger partial charge on any atom is 0.234 e. The molecule has 3 rings (SSSR count). The van der Waals surface area contributed by atoms with Gasteiger partial charge in [-0.25, -0.2) is 0 Å². The zero-order valence-corrected chi connectivity index (χ0v) is 13.5. The minimum atomic E-state index is -0.0547. The molecule has 0 unspecified atom stereocenters. The van der Waals surface area contributed by atoms with Crippen molar-refractivity contribution >= 4 is 29.3 Å². The zero-order valence-electron chi connectivity index (χ0n) is 12.7. The van der Waals surface area contributed by atoms with Crippen LogP contribution in [-0.2, 0) is 4.79 Å². The number of hydrogen-bond acceptors (Lipinski definition) is 5. The first-order valence-electron chi connectivity index (χ1n) is 7.25. The van der Waals surface area contributed by atoms with Crippen LogP contribution in [0, 0.1) is 13.8 Å². The summed E-state index contributed by atoms with van der Waals surface area (Å²) in [5, 5.41) is 11.6. The molecule has 1 aliphatic rings. The maximum atomic E-state index is 12.1. The molecule has 116 valence electrons. The Bertz CT molecular complexity index is 708. The molecule has 1 aromatic carbocycles. The Labute approximate surface area is 133 Å². The Hall–Kier alpha value is -2.02. The van der Waals surface area contributed by atoms with E-state index >= 15 is 0 Å². The van der Waals surface area contributed by atoms with E-state index in [1.54, 1.807) is 0 Å². The number of aromatic nitrogens is 3. The van der Waals surface area contributed by atoms with Crippen LogP contribution in [0.2, 0.25) is 0 Å². The molecule has 0 saturated heterocycles. The second-order valence-corrected chi connectivity index (χ2v) is 6.54. The largest absolute Gasteiger partial charge is 0.368 e. The van der Waals surface area contributed by atoms with Gasteiger partial charge in [-0.2, -0.15) is 0 Å². The van der Waals surface area contributed by atoms with E-state index in [0.717, 1.165) is 29.2 Å². The van der Waals surface area contributed by atoms with Crippen LogP contribution in [0.5, 0.6) is 0 Å². The molecule has 1 amide bonds. The number of nitrogens with zero attached hydrogens (tertiary/aromatic N) is 3. The number of anilines is 2. The van der Waals surface area contributed by atoms with Crippen molar-refractivity contribution in [3.63, 3.8) is 0 Å². The molecule has 1 aromatic heterocycles. The van der Waals surface area contributed by atoms with Gasteiger partial charge in [-0.3, -0.25) is 9.36 Å². The van der Waals surface area contributed by atoms with Gasteiger partial charge in [0.25, 0.3) is 0 Å². The molecule has 3 N–H and O–H groups in total. The van der Waals surface area contributed by atoms with Crippen molar-refractivity contribution in [2.45, 2.75) is 37.9 Å². The van der Waals surface area contributed by atoms with E-state index < -0.39 is 0 Å². The molecule has 0 radical (unpaired) electrons. The van der Waals surface area contributed by atoms with Crippen molar-refractivity contribution in [1.29, 1.82) is 0 Å². The molecule has 22 heavy (non-hydrogen) atoms. The molecule has 1 heterocycles. The molecule has 7 heteroatoms. The third-order valence-corrected chi connectivity index (χ3v) is 4.53. The first-order chi connectivity index (χ1) is 10.5. The molecule has 0 bridgehead atoms. The third-order valence-electron chi connectivity index (χ3n) is 3.59. The van der Waals surface area contributed by atoms with Crippen molar-refractivity contribution < 1.29 is 4.79 Å². The normalized spacial score (nSPS) is 14.1. The lowest BCUT2D eigenvalue weighted by Crippen LogP contribution is -2.15. The van der Waals surface area contributed by atoms with Crippen LogP contribution in [0.1, 0.15) is 30.0 Å². The van der Waals surface area contributed by atoms with Crippen LogP contribution in [-0.4, -0.2) is 26.4 Å². The Morgan fingerprint density at radius 1 is 1.41 bits per heavy atom. The number of nitrogen functional groups attached to an aromatic ring is 1. The number of rotatable bonds is 5. The van der Waals surface area contributed by atoms with Gasteiger partial charge in [-0.05, 0) is 38.3 Å². The molecule has 1 aliphatic carbocycles. The molecule has 2 aromatic rings. The quantitative estimate of drug-likeness (QED) is 0.828. The smallest absolute Gasteiger partial charge is 0.234 e. The van der Waals surface area contributed by atoms with E-state index in [9.17, 15) is 4.79 Å². The number of carbonyl (C=O) groups excluding carboxylic acids is 1. The van der Waals surface area contributed by atoms with Crippen molar-refractivity contribution in [1.82, 2.24) is 14.8 Å². The molecule has 1 saturated carbocycles. The molecule has 6 nitrogen and oxygen atoms in total. The number of aryl methyl sites for hydroxylation is 2. The highest BCUT2D eigenvalue weighted by Crippen LogP contribution is 2.39. The lowest BCUT2D eigenvalue weighted by atomic mass is 10.1. The Morgan fingerprint density at radius 2 is 2.18 bits per heavy atom. The molecule has 0 aliphatic heterocycles. The fourth-order valence-electron chi connectivity index (χ4n) is 2.33. The van der Waals surface area contributed by atoms with Crippen LogP contribution < -0.4 is 11.1 Å². The monoisotopic (exact) mass is 317 g/mol. The summed E-state index contributed by atoms with van der Waals surface area (Å²) in [6.07, 6.45) is 2.20. The van der Waals surface area contributed by atoms with E-state index in [1.807, 2.05) is 36.6 Å². The van der Waals surface area contributed by atoms with E-state index in [1.165, 1.54) is 17.3 Å². The fraction of sp³-hybridized carbons (Fsp3) is 0.400. The minimum absolute atomic E-state index is 0.0547. The summed E-state index contributed by atoms with van der Waals surface area (Å²) in [6.45, 7) is 4.02. The number of carbonyl (C=O) groups is 1. The molecular formula is C15H19N5OS. The predicted octanol–water partition coefficient (Wildman–Crippen LogP) is 2.54. The lowest BCUT2D eigenvalue weighted by Gasteiger charge is -2.09. The van der Waals surface area contributed by atoms with Crippen molar-refractivity contribution in [2.75, 3.05) is 16.8 Å². The highest BCUT2D eigenvalue weighted by atomic mass is 32.2. The second kappa shape index (κ2) is 6.00. The standard InChI is InChI=1S/C15H19N5OS/c1-9-3-6-12(10(2)7-9)17-13(21)8-22-15-19-18-14(16)20(15)11-4-5-11/h3,6-7,11H,4-5,8H2,1-2H3,(H2,16,18)(H,17,21).